The fourth-order valence-electron chi connectivity index (χ4n) is 1.77. The molecule has 1 heterocycles. The summed E-state index contributed by atoms with van der Waals surface area (Å²) in [5, 5.41) is 8.92. The first-order chi connectivity index (χ1) is 9.13. The first-order valence-electron chi connectivity index (χ1n) is 6.62. The zero-order chi connectivity index (χ0) is 14.3. The summed E-state index contributed by atoms with van der Waals surface area (Å²) in [5.41, 5.74) is 5.54. The molecule has 2 N–H and O–H groups in total. The largest absolute Gasteiger partial charge is 0.343 e. The lowest BCUT2D eigenvalue weighted by molar-refractivity contribution is -0.130. The van der Waals surface area contributed by atoms with E-state index in [1.807, 2.05) is 30.4 Å². The number of carbonyl (C=O) groups is 1. The van der Waals surface area contributed by atoms with Crippen molar-refractivity contribution in [3.8, 4) is 0 Å². The van der Waals surface area contributed by atoms with E-state index in [1.54, 1.807) is 11.8 Å². The fourth-order valence-corrected chi connectivity index (χ4v) is 2.64. The van der Waals surface area contributed by atoms with Gasteiger partial charge in [-0.2, -0.15) is 0 Å². The molecule has 1 aromatic heterocycles. The van der Waals surface area contributed by atoms with Crippen molar-refractivity contribution in [1.82, 2.24) is 19.7 Å². The lowest BCUT2D eigenvalue weighted by Crippen LogP contribution is -2.30. The number of rotatable bonds is 8. The molecule has 0 bridgehead atoms. The lowest BCUT2D eigenvalue weighted by Gasteiger charge is -2.18. The summed E-state index contributed by atoms with van der Waals surface area (Å²) in [6.45, 7) is 5.97. The molecular formula is C12H23N5OS. The third-order valence-electron chi connectivity index (χ3n) is 2.99. The van der Waals surface area contributed by atoms with E-state index >= 15 is 0 Å². The summed E-state index contributed by atoms with van der Waals surface area (Å²) in [6, 6.07) is 0. The van der Waals surface area contributed by atoms with Crippen LogP contribution in [0.4, 0.5) is 0 Å². The van der Waals surface area contributed by atoms with Crippen molar-refractivity contribution in [1.29, 1.82) is 0 Å². The second kappa shape index (κ2) is 8.16. The predicted octanol–water partition coefficient (Wildman–Crippen LogP) is 1.01. The molecule has 108 valence electrons. The molecule has 0 atom stereocenters. The van der Waals surface area contributed by atoms with Crippen LogP contribution in [0.2, 0.25) is 0 Å². The van der Waals surface area contributed by atoms with Gasteiger partial charge in [0, 0.05) is 32.3 Å². The van der Waals surface area contributed by atoms with Crippen LogP contribution in [0, 0.1) is 0 Å². The number of hydrogen-bond donors (Lipinski definition) is 1. The summed E-state index contributed by atoms with van der Waals surface area (Å²) >= 11 is 1.62. The van der Waals surface area contributed by atoms with Crippen molar-refractivity contribution < 1.29 is 4.79 Å². The minimum atomic E-state index is 0.228. The van der Waals surface area contributed by atoms with Crippen LogP contribution in [-0.2, 0) is 18.4 Å². The maximum Gasteiger partial charge on any atom is 0.222 e. The Morgan fingerprint density at radius 1 is 1.37 bits per heavy atom. The molecule has 19 heavy (non-hydrogen) atoms. The highest BCUT2D eigenvalue weighted by atomic mass is 32.2. The fraction of sp³-hybridized carbons (Fsp3) is 0.750. The highest BCUT2D eigenvalue weighted by Gasteiger charge is 2.10. The van der Waals surface area contributed by atoms with Crippen LogP contribution >= 0.6 is 11.8 Å². The van der Waals surface area contributed by atoms with E-state index < -0.39 is 0 Å². The predicted molar refractivity (Wildman–Crippen MR) is 76.8 cm³/mol. The highest BCUT2D eigenvalue weighted by Crippen LogP contribution is 2.17. The number of hydrogen-bond acceptors (Lipinski definition) is 5. The van der Waals surface area contributed by atoms with Gasteiger partial charge in [-0.3, -0.25) is 4.79 Å². The molecule has 0 radical (unpaired) electrons. The third-order valence-corrected chi connectivity index (χ3v) is 4.10. The summed E-state index contributed by atoms with van der Waals surface area (Å²) in [5.74, 6) is 1.87. The maximum absolute atomic E-state index is 11.8. The second-order valence-corrected chi connectivity index (χ2v) is 5.24. The van der Waals surface area contributed by atoms with Gasteiger partial charge in [-0.1, -0.05) is 11.8 Å². The average Bonchev–Trinajstić information content (AvgIpc) is 2.77. The van der Waals surface area contributed by atoms with Crippen LogP contribution in [0.5, 0.6) is 0 Å². The van der Waals surface area contributed by atoms with Crippen LogP contribution in [0.3, 0.4) is 0 Å². The summed E-state index contributed by atoms with van der Waals surface area (Å²) in [4.78, 5) is 13.7. The number of thioether (sulfide) groups is 1. The standard InChI is InChI=1S/C12H23N5OS/c1-4-17(5-2)11(18)7-6-8-19-12-15-14-10(9-13)16(12)3/h4-9,13H2,1-3H3. The van der Waals surface area contributed by atoms with Gasteiger partial charge in [0.1, 0.15) is 5.82 Å². The molecule has 6 nitrogen and oxygen atoms in total. The number of carbonyl (C=O) groups excluding carboxylic acids is 1. The zero-order valence-electron chi connectivity index (χ0n) is 11.9. The molecule has 0 unspecified atom stereocenters. The molecule has 1 rings (SSSR count). The SMILES string of the molecule is CCN(CC)C(=O)CCCSc1nnc(CN)n1C. The Labute approximate surface area is 118 Å². The Morgan fingerprint density at radius 3 is 2.58 bits per heavy atom. The quantitative estimate of drug-likeness (QED) is 0.570. The molecule has 0 aromatic carbocycles. The Hall–Kier alpha value is -1.08. The average molecular weight is 285 g/mol. The lowest BCUT2D eigenvalue weighted by atomic mass is 10.3. The molecule has 7 heteroatoms. The van der Waals surface area contributed by atoms with E-state index in [0.29, 0.717) is 13.0 Å². The maximum atomic E-state index is 11.8. The van der Waals surface area contributed by atoms with E-state index in [9.17, 15) is 4.79 Å². The van der Waals surface area contributed by atoms with Crippen LogP contribution in [-0.4, -0.2) is 44.4 Å². The summed E-state index contributed by atoms with van der Waals surface area (Å²) in [7, 11) is 1.91. The molecule has 0 aliphatic carbocycles. The number of aromatic nitrogens is 3. The van der Waals surface area contributed by atoms with Crippen molar-refractivity contribution in [2.24, 2.45) is 12.8 Å². The number of nitrogens with two attached hydrogens (primary N) is 1. The molecule has 0 saturated heterocycles. The van der Waals surface area contributed by atoms with Gasteiger partial charge in [-0.25, -0.2) is 0 Å². The molecule has 1 amide bonds. The van der Waals surface area contributed by atoms with E-state index in [4.69, 9.17) is 5.73 Å². The Bertz CT molecular complexity index is 403. The Morgan fingerprint density at radius 2 is 2.05 bits per heavy atom. The topological polar surface area (TPSA) is 77.0 Å². The highest BCUT2D eigenvalue weighted by molar-refractivity contribution is 7.99. The first-order valence-corrected chi connectivity index (χ1v) is 7.61. The van der Waals surface area contributed by atoms with Gasteiger partial charge in [0.2, 0.25) is 5.91 Å². The van der Waals surface area contributed by atoms with Gasteiger partial charge < -0.3 is 15.2 Å². The van der Waals surface area contributed by atoms with E-state index in [0.717, 1.165) is 36.2 Å². The third kappa shape index (κ3) is 4.50. The summed E-state index contributed by atoms with van der Waals surface area (Å²) in [6.07, 6.45) is 1.45. The van der Waals surface area contributed by atoms with Gasteiger partial charge in [0.05, 0.1) is 6.54 Å². The van der Waals surface area contributed by atoms with Gasteiger partial charge >= 0.3 is 0 Å². The minimum Gasteiger partial charge on any atom is -0.343 e. The van der Waals surface area contributed by atoms with Crippen LogP contribution in [0.25, 0.3) is 0 Å². The van der Waals surface area contributed by atoms with Gasteiger partial charge in [-0.05, 0) is 20.3 Å². The van der Waals surface area contributed by atoms with Crippen LogP contribution < -0.4 is 5.73 Å². The van der Waals surface area contributed by atoms with Gasteiger partial charge in [0.15, 0.2) is 5.16 Å². The molecule has 0 aliphatic rings. The van der Waals surface area contributed by atoms with Crippen molar-refractivity contribution >= 4 is 17.7 Å². The Balaban J connectivity index is 2.31. The first kappa shape index (κ1) is 16.0. The summed E-state index contributed by atoms with van der Waals surface area (Å²) < 4.78 is 1.90. The normalized spacial score (nSPS) is 10.7. The molecule has 0 saturated carbocycles. The van der Waals surface area contributed by atoms with E-state index in [2.05, 4.69) is 10.2 Å². The van der Waals surface area contributed by atoms with Crippen LogP contribution in [0.15, 0.2) is 5.16 Å². The molecule has 0 spiro atoms. The van der Waals surface area contributed by atoms with E-state index in [-0.39, 0.29) is 5.91 Å². The van der Waals surface area contributed by atoms with Crippen LogP contribution in [0.1, 0.15) is 32.5 Å². The molecule has 0 aliphatic heterocycles. The Kier molecular flexibility index (Phi) is 6.86. The number of nitrogens with zero attached hydrogens (tertiary/aromatic N) is 4. The van der Waals surface area contributed by atoms with Crippen molar-refractivity contribution in [3.05, 3.63) is 5.82 Å². The van der Waals surface area contributed by atoms with Crippen molar-refractivity contribution in [2.45, 2.75) is 38.4 Å². The zero-order valence-corrected chi connectivity index (χ0v) is 12.7. The molecule has 0 fully saturated rings. The minimum absolute atomic E-state index is 0.228. The monoisotopic (exact) mass is 285 g/mol. The molecular weight excluding hydrogens is 262 g/mol. The van der Waals surface area contributed by atoms with Crippen molar-refractivity contribution in [3.63, 3.8) is 0 Å². The number of amides is 1. The van der Waals surface area contributed by atoms with Gasteiger partial charge in [0.25, 0.3) is 0 Å². The van der Waals surface area contributed by atoms with Gasteiger partial charge in [-0.15, -0.1) is 10.2 Å². The van der Waals surface area contributed by atoms with E-state index in [1.165, 1.54) is 0 Å². The van der Waals surface area contributed by atoms with Crippen molar-refractivity contribution in [2.75, 3.05) is 18.8 Å². The smallest absolute Gasteiger partial charge is 0.222 e. The second-order valence-electron chi connectivity index (χ2n) is 4.18. The molecule has 1 aromatic rings.